The molecule has 0 spiro atoms. The molecule has 0 bridgehead atoms. The quantitative estimate of drug-likeness (QED) is 0.407. The van der Waals surface area contributed by atoms with Crippen molar-refractivity contribution in [2.75, 3.05) is 34.2 Å². The maximum Gasteiger partial charge on any atom is 0.231 e. The highest BCUT2D eigenvalue weighted by Gasteiger charge is 2.16. The Morgan fingerprint density at radius 3 is 2.45 bits per heavy atom. The first-order valence-electron chi connectivity index (χ1n) is 11.2. The minimum Gasteiger partial charge on any atom is -0.497 e. The Morgan fingerprint density at radius 1 is 0.818 bits per heavy atom. The predicted octanol–water partition coefficient (Wildman–Crippen LogP) is 5.08. The van der Waals surface area contributed by atoms with Crippen LogP contribution < -0.4 is 23.7 Å². The molecule has 0 atom stereocenters. The Hall–Kier alpha value is -3.38. The molecule has 0 amide bonds. The maximum atomic E-state index is 5.88. The molecule has 0 radical (unpaired) electrons. The number of fused-ring (bicyclic) bond motifs is 1. The summed E-state index contributed by atoms with van der Waals surface area (Å²) < 4.78 is 28.0. The first kappa shape index (κ1) is 22.8. The number of para-hydroxylation sites is 1. The van der Waals surface area contributed by atoms with Crippen molar-refractivity contribution in [1.29, 1.82) is 0 Å². The lowest BCUT2D eigenvalue weighted by molar-refractivity contribution is 0.174. The third kappa shape index (κ3) is 5.71. The molecule has 0 unspecified atom stereocenters. The summed E-state index contributed by atoms with van der Waals surface area (Å²) in [5.41, 5.74) is 3.45. The van der Waals surface area contributed by atoms with Gasteiger partial charge in [-0.1, -0.05) is 24.3 Å². The van der Waals surface area contributed by atoms with Crippen molar-refractivity contribution >= 4 is 0 Å². The van der Waals surface area contributed by atoms with E-state index in [1.807, 2.05) is 43.3 Å². The third-order valence-electron chi connectivity index (χ3n) is 5.70. The molecule has 1 heterocycles. The van der Waals surface area contributed by atoms with Crippen molar-refractivity contribution in [3.8, 4) is 28.7 Å². The van der Waals surface area contributed by atoms with Gasteiger partial charge in [-0.25, -0.2) is 0 Å². The van der Waals surface area contributed by atoms with E-state index in [1.54, 1.807) is 14.2 Å². The predicted molar refractivity (Wildman–Crippen MR) is 128 cm³/mol. The van der Waals surface area contributed by atoms with E-state index in [0.717, 1.165) is 59.4 Å². The summed E-state index contributed by atoms with van der Waals surface area (Å²) in [6.45, 7) is 5.24. The van der Waals surface area contributed by atoms with Crippen molar-refractivity contribution in [1.82, 2.24) is 4.90 Å². The Bertz CT molecular complexity index is 1070. The van der Waals surface area contributed by atoms with Gasteiger partial charge in [-0.05, 0) is 55.3 Å². The molecular weight excluding hydrogens is 418 g/mol. The van der Waals surface area contributed by atoms with Crippen molar-refractivity contribution < 1.29 is 23.7 Å². The van der Waals surface area contributed by atoms with Crippen molar-refractivity contribution in [3.05, 3.63) is 77.4 Å². The zero-order valence-electron chi connectivity index (χ0n) is 19.5. The van der Waals surface area contributed by atoms with Crippen LogP contribution in [0, 0.1) is 0 Å². The summed E-state index contributed by atoms with van der Waals surface area (Å²) in [6.07, 6.45) is 0.875. The van der Waals surface area contributed by atoms with Crippen molar-refractivity contribution in [2.45, 2.75) is 26.4 Å². The van der Waals surface area contributed by atoms with Crippen LogP contribution in [0.4, 0.5) is 0 Å². The SMILES string of the molecule is CCOc1ccccc1CN(CCc1ccc2c(c1)OCO2)Cc1cc(OC)ccc1OC. The fraction of sp³-hybridized carbons (Fsp3) is 0.333. The van der Waals surface area contributed by atoms with Gasteiger partial charge in [-0.15, -0.1) is 0 Å². The molecule has 0 N–H and O–H groups in total. The maximum absolute atomic E-state index is 5.88. The summed E-state index contributed by atoms with van der Waals surface area (Å²) >= 11 is 0. The fourth-order valence-corrected chi connectivity index (χ4v) is 4.02. The van der Waals surface area contributed by atoms with E-state index in [2.05, 4.69) is 29.2 Å². The van der Waals surface area contributed by atoms with E-state index >= 15 is 0 Å². The summed E-state index contributed by atoms with van der Waals surface area (Å²) in [6, 6.07) is 20.3. The molecule has 33 heavy (non-hydrogen) atoms. The Labute approximate surface area is 195 Å². The average molecular weight is 450 g/mol. The minimum absolute atomic E-state index is 0.286. The molecule has 0 aromatic heterocycles. The van der Waals surface area contributed by atoms with Crippen molar-refractivity contribution in [2.24, 2.45) is 0 Å². The number of benzene rings is 3. The molecule has 174 valence electrons. The van der Waals surface area contributed by atoms with Gasteiger partial charge in [0, 0.05) is 30.8 Å². The van der Waals surface area contributed by atoms with Gasteiger partial charge >= 0.3 is 0 Å². The van der Waals surface area contributed by atoms with Gasteiger partial charge in [0.1, 0.15) is 17.2 Å². The smallest absolute Gasteiger partial charge is 0.231 e. The molecule has 0 saturated heterocycles. The van der Waals surface area contributed by atoms with Crippen LogP contribution in [-0.2, 0) is 19.5 Å². The van der Waals surface area contributed by atoms with Crippen LogP contribution in [0.3, 0.4) is 0 Å². The van der Waals surface area contributed by atoms with Gasteiger partial charge in [0.25, 0.3) is 0 Å². The van der Waals surface area contributed by atoms with Crippen LogP contribution in [-0.4, -0.2) is 39.1 Å². The molecule has 0 fully saturated rings. The second kappa shape index (κ2) is 11.0. The number of hydrogen-bond donors (Lipinski definition) is 0. The van der Waals surface area contributed by atoms with Gasteiger partial charge in [-0.2, -0.15) is 0 Å². The van der Waals surface area contributed by atoms with E-state index in [-0.39, 0.29) is 6.79 Å². The zero-order chi connectivity index (χ0) is 23.0. The monoisotopic (exact) mass is 449 g/mol. The summed E-state index contributed by atoms with van der Waals surface area (Å²) in [7, 11) is 3.38. The second-order valence-electron chi connectivity index (χ2n) is 7.87. The van der Waals surface area contributed by atoms with E-state index in [1.165, 1.54) is 5.56 Å². The van der Waals surface area contributed by atoms with Gasteiger partial charge in [0.2, 0.25) is 6.79 Å². The van der Waals surface area contributed by atoms with Crippen LogP contribution in [0.25, 0.3) is 0 Å². The van der Waals surface area contributed by atoms with Gasteiger partial charge in [-0.3, -0.25) is 4.90 Å². The molecule has 3 aromatic carbocycles. The molecular formula is C27H31NO5. The molecule has 1 aliphatic rings. The van der Waals surface area contributed by atoms with E-state index in [9.17, 15) is 0 Å². The van der Waals surface area contributed by atoms with Crippen LogP contribution >= 0.6 is 0 Å². The van der Waals surface area contributed by atoms with Crippen LogP contribution in [0.5, 0.6) is 28.7 Å². The zero-order valence-corrected chi connectivity index (χ0v) is 19.5. The first-order valence-corrected chi connectivity index (χ1v) is 11.2. The first-order chi connectivity index (χ1) is 16.2. The Morgan fingerprint density at radius 2 is 1.64 bits per heavy atom. The average Bonchev–Trinajstić information content (AvgIpc) is 3.32. The Balaban J connectivity index is 1.56. The number of hydrogen-bond acceptors (Lipinski definition) is 6. The van der Waals surface area contributed by atoms with Crippen LogP contribution in [0.1, 0.15) is 23.6 Å². The normalized spacial score (nSPS) is 12.1. The highest BCUT2D eigenvalue weighted by Crippen LogP contribution is 2.33. The lowest BCUT2D eigenvalue weighted by atomic mass is 10.1. The largest absolute Gasteiger partial charge is 0.497 e. The molecule has 6 heteroatoms. The van der Waals surface area contributed by atoms with Gasteiger partial charge < -0.3 is 23.7 Å². The van der Waals surface area contributed by atoms with E-state index in [0.29, 0.717) is 13.2 Å². The van der Waals surface area contributed by atoms with E-state index < -0.39 is 0 Å². The number of nitrogens with zero attached hydrogens (tertiary/aromatic N) is 1. The third-order valence-corrected chi connectivity index (χ3v) is 5.70. The molecule has 1 aliphatic heterocycles. The highest BCUT2D eigenvalue weighted by molar-refractivity contribution is 5.44. The fourth-order valence-electron chi connectivity index (χ4n) is 4.02. The lowest BCUT2D eigenvalue weighted by Crippen LogP contribution is -2.26. The van der Waals surface area contributed by atoms with E-state index in [4.69, 9.17) is 23.7 Å². The van der Waals surface area contributed by atoms with Crippen LogP contribution in [0.15, 0.2) is 60.7 Å². The summed E-state index contributed by atoms with van der Waals surface area (Å²) in [5, 5.41) is 0. The molecule has 3 aromatic rings. The molecule has 0 aliphatic carbocycles. The Kier molecular flexibility index (Phi) is 7.58. The number of ether oxygens (including phenoxy) is 5. The molecule has 0 saturated carbocycles. The second-order valence-corrected chi connectivity index (χ2v) is 7.87. The molecule has 4 rings (SSSR count). The summed E-state index contributed by atoms with van der Waals surface area (Å²) in [4.78, 5) is 2.40. The number of rotatable bonds is 11. The topological polar surface area (TPSA) is 49.4 Å². The van der Waals surface area contributed by atoms with Gasteiger partial charge in [0.05, 0.1) is 20.8 Å². The van der Waals surface area contributed by atoms with Crippen molar-refractivity contribution in [3.63, 3.8) is 0 Å². The highest BCUT2D eigenvalue weighted by atomic mass is 16.7. The lowest BCUT2D eigenvalue weighted by Gasteiger charge is -2.25. The summed E-state index contributed by atoms with van der Waals surface area (Å²) in [5.74, 6) is 4.21. The van der Waals surface area contributed by atoms with Gasteiger partial charge in [0.15, 0.2) is 11.5 Å². The minimum atomic E-state index is 0.286. The molecule has 6 nitrogen and oxygen atoms in total. The standard InChI is InChI=1S/C27H31NO5/c1-4-31-25-8-6-5-7-21(25)17-28(18-22-16-23(29-2)10-12-24(22)30-3)14-13-20-9-11-26-27(15-20)33-19-32-26/h5-12,15-16H,4,13-14,17-19H2,1-3H3. The number of methoxy groups -OCH3 is 2. The van der Waals surface area contributed by atoms with Crippen LogP contribution in [0.2, 0.25) is 0 Å².